The Morgan fingerprint density at radius 1 is 1.18 bits per heavy atom. The van der Waals surface area contributed by atoms with Gasteiger partial charge in [0.1, 0.15) is 5.75 Å². The van der Waals surface area contributed by atoms with Crippen LogP contribution in [0.25, 0.3) is 22.3 Å². The first-order chi connectivity index (χ1) is 16.3. The average Bonchev–Trinajstić information content (AvgIpc) is 3.22. The Morgan fingerprint density at radius 2 is 1.91 bits per heavy atom. The molecule has 3 aromatic heterocycles. The van der Waals surface area contributed by atoms with Gasteiger partial charge in [0.05, 0.1) is 29.4 Å². The number of pyridine rings is 2. The van der Waals surface area contributed by atoms with E-state index in [1.54, 1.807) is 16.9 Å². The van der Waals surface area contributed by atoms with Crippen LogP contribution in [-0.4, -0.2) is 32.3 Å². The van der Waals surface area contributed by atoms with Crippen molar-refractivity contribution in [1.82, 2.24) is 25.1 Å². The number of hydrogen-bond acceptors (Lipinski definition) is 5. The number of fused-ring (bicyclic) bond motifs is 1. The molecule has 1 aromatic carbocycles. The number of carbonyl (C=O) groups excluding carboxylic acids is 1. The first-order valence-corrected chi connectivity index (χ1v) is 11.4. The lowest BCUT2D eigenvalue weighted by atomic mass is 10.1. The summed E-state index contributed by atoms with van der Waals surface area (Å²) < 4.78 is 7.35. The third-order valence-electron chi connectivity index (χ3n) is 5.68. The minimum Gasteiger partial charge on any atom is -0.494 e. The quantitative estimate of drug-likeness (QED) is 0.429. The van der Waals surface area contributed by atoms with E-state index in [-0.39, 0.29) is 24.1 Å². The zero-order chi connectivity index (χ0) is 24.4. The maximum absolute atomic E-state index is 13.3. The summed E-state index contributed by atoms with van der Waals surface area (Å²) in [5, 5.41) is 8.04. The standard InChI is InChI=1S/C26H29N5O3/c1-6-34-19-9-7-18(8-10-19)23-12-20(22-14-28-31(15(2)3)24(22)30-23)25(32)27-13-21-16(4)11-17(5)29-26(21)33/h7-12,14-15H,6,13H2,1-5H3,(H,27,32)(H,29,33). The van der Waals surface area contributed by atoms with Crippen molar-refractivity contribution in [3.05, 3.63) is 75.3 Å². The Bertz CT molecular complexity index is 1400. The van der Waals surface area contributed by atoms with Crippen LogP contribution in [0.2, 0.25) is 0 Å². The molecule has 0 aliphatic carbocycles. The van der Waals surface area contributed by atoms with Gasteiger partial charge in [-0.1, -0.05) is 0 Å². The number of ether oxygens (including phenoxy) is 1. The van der Waals surface area contributed by atoms with E-state index in [4.69, 9.17) is 9.72 Å². The average molecular weight is 460 g/mol. The SMILES string of the molecule is CCOc1ccc(-c2cc(C(=O)NCc3c(C)cc(C)[nH]c3=O)c3cnn(C(C)C)c3n2)cc1. The molecule has 0 spiro atoms. The van der Waals surface area contributed by atoms with Crippen LogP contribution in [0.15, 0.2) is 47.4 Å². The van der Waals surface area contributed by atoms with Gasteiger partial charge < -0.3 is 15.0 Å². The van der Waals surface area contributed by atoms with Gasteiger partial charge in [0.15, 0.2) is 5.65 Å². The fourth-order valence-electron chi connectivity index (χ4n) is 3.99. The zero-order valence-electron chi connectivity index (χ0n) is 20.1. The highest BCUT2D eigenvalue weighted by atomic mass is 16.5. The number of hydrogen-bond donors (Lipinski definition) is 2. The molecule has 0 saturated heterocycles. The summed E-state index contributed by atoms with van der Waals surface area (Å²) in [6.45, 7) is 10.4. The number of nitrogens with zero attached hydrogens (tertiary/aromatic N) is 3. The Kier molecular flexibility index (Phi) is 6.49. The van der Waals surface area contributed by atoms with E-state index in [0.717, 1.165) is 22.6 Å². The van der Waals surface area contributed by atoms with Crippen LogP contribution in [0.4, 0.5) is 0 Å². The summed E-state index contributed by atoms with van der Waals surface area (Å²) >= 11 is 0. The monoisotopic (exact) mass is 459 g/mol. The van der Waals surface area contributed by atoms with E-state index in [9.17, 15) is 9.59 Å². The van der Waals surface area contributed by atoms with Gasteiger partial charge in [0, 0.05) is 29.4 Å². The topological polar surface area (TPSA) is 102 Å². The van der Waals surface area contributed by atoms with Crippen LogP contribution in [0.5, 0.6) is 5.75 Å². The molecule has 0 aliphatic rings. The first kappa shape index (κ1) is 23.2. The number of aryl methyl sites for hydroxylation is 2. The van der Waals surface area contributed by atoms with Crippen molar-refractivity contribution in [3.63, 3.8) is 0 Å². The fourth-order valence-corrected chi connectivity index (χ4v) is 3.99. The van der Waals surface area contributed by atoms with E-state index >= 15 is 0 Å². The molecule has 8 nitrogen and oxygen atoms in total. The van der Waals surface area contributed by atoms with Gasteiger partial charge in [0.2, 0.25) is 0 Å². The van der Waals surface area contributed by atoms with Gasteiger partial charge in [-0.2, -0.15) is 5.10 Å². The highest BCUT2D eigenvalue weighted by molar-refractivity contribution is 6.06. The molecule has 4 rings (SSSR count). The highest BCUT2D eigenvalue weighted by Crippen LogP contribution is 2.27. The largest absolute Gasteiger partial charge is 0.494 e. The number of benzene rings is 1. The van der Waals surface area contributed by atoms with Crippen LogP contribution < -0.4 is 15.6 Å². The Morgan fingerprint density at radius 3 is 2.56 bits per heavy atom. The van der Waals surface area contributed by atoms with Crippen LogP contribution in [0.1, 0.15) is 54.0 Å². The predicted molar refractivity (Wildman–Crippen MR) is 132 cm³/mol. The Labute approximate surface area is 198 Å². The predicted octanol–water partition coefficient (Wildman–Crippen LogP) is 4.31. The molecule has 176 valence electrons. The second kappa shape index (κ2) is 9.51. The molecule has 0 unspecified atom stereocenters. The van der Waals surface area contributed by atoms with Gasteiger partial charge in [-0.15, -0.1) is 0 Å². The van der Waals surface area contributed by atoms with Crippen molar-refractivity contribution in [1.29, 1.82) is 0 Å². The molecule has 8 heteroatoms. The van der Waals surface area contributed by atoms with Crippen LogP contribution in [0.3, 0.4) is 0 Å². The van der Waals surface area contributed by atoms with Crippen LogP contribution in [-0.2, 0) is 6.54 Å². The lowest BCUT2D eigenvalue weighted by molar-refractivity contribution is 0.0952. The number of aromatic amines is 1. The second-order valence-electron chi connectivity index (χ2n) is 8.56. The van der Waals surface area contributed by atoms with E-state index in [1.165, 1.54) is 0 Å². The summed E-state index contributed by atoms with van der Waals surface area (Å²) in [5.41, 5.74) is 4.58. The number of nitrogens with one attached hydrogen (secondary N) is 2. The molecule has 34 heavy (non-hydrogen) atoms. The summed E-state index contributed by atoms with van der Waals surface area (Å²) in [6, 6.07) is 11.4. The molecule has 0 bridgehead atoms. The Balaban J connectivity index is 1.73. The summed E-state index contributed by atoms with van der Waals surface area (Å²) in [5.74, 6) is 0.485. The van der Waals surface area contributed by atoms with Crippen molar-refractivity contribution >= 4 is 16.9 Å². The van der Waals surface area contributed by atoms with E-state index in [2.05, 4.69) is 15.4 Å². The maximum atomic E-state index is 13.3. The van der Waals surface area contributed by atoms with Gasteiger partial charge in [-0.05, 0) is 76.6 Å². The second-order valence-corrected chi connectivity index (χ2v) is 8.56. The van der Waals surface area contributed by atoms with E-state index < -0.39 is 0 Å². The molecule has 3 heterocycles. The molecule has 0 aliphatic heterocycles. The zero-order valence-corrected chi connectivity index (χ0v) is 20.1. The van der Waals surface area contributed by atoms with Crippen molar-refractivity contribution < 1.29 is 9.53 Å². The summed E-state index contributed by atoms with van der Waals surface area (Å²) in [7, 11) is 0. The summed E-state index contributed by atoms with van der Waals surface area (Å²) in [6.07, 6.45) is 1.67. The van der Waals surface area contributed by atoms with Crippen molar-refractivity contribution in [3.8, 4) is 17.0 Å². The number of aromatic nitrogens is 4. The molecule has 0 atom stereocenters. The molecular weight excluding hydrogens is 430 g/mol. The normalized spacial score (nSPS) is 11.2. The number of amides is 1. The number of rotatable bonds is 7. The van der Waals surface area contributed by atoms with Crippen molar-refractivity contribution in [2.24, 2.45) is 0 Å². The van der Waals surface area contributed by atoms with Crippen molar-refractivity contribution in [2.75, 3.05) is 6.61 Å². The first-order valence-electron chi connectivity index (χ1n) is 11.4. The summed E-state index contributed by atoms with van der Waals surface area (Å²) in [4.78, 5) is 33.3. The van der Waals surface area contributed by atoms with Gasteiger partial charge in [0.25, 0.3) is 11.5 Å². The Hall–Kier alpha value is -3.94. The van der Waals surface area contributed by atoms with E-state index in [0.29, 0.717) is 34.5 Å². The minimum atomic E-state index is -0.290. The van der Waals surface area contributed by atoms with Crippen molar-refractivity contribution in [2.45, 2.75) is 47.2 Å². The highest BCUT2D eigenvalue weighted by Gasteiger charge is 2.19. The molecule has 0 fully saturated rings. The molecule has 1 amide bonds. The number of carbonyl (C=O) groups is 1. The lowest BCUT2D eigenvalue weighted by Gasteiger charge is -2.12. The third kappa shape index (κ3) is 4.57. The third-order valence-corrected chi connectivity index (χ3v) is 5.68. The maximum Gasteiger partial charge on any atom is 0.253 e. The lowest BCUT2D eigenvalue weighted by Crippen LogP contribution is -2.28. The molecule has 2 N–H and O–H groups in total. The van der Waals surface area contributed by atoms with Gasteiger partial charge >= 0.3 is 0 Å². The molecule has 4 aromatic rings. The minimum absolute atomic E-state index is 0.0743. The fraction of sp³-hybridized carbons (Fsp3) is 0.308. The van der Waals surface area contributed by atoms with Gasteiger partial charge in [-0.3, -0.25) is 9.59 Å². The van der Waals surface area contributed by atoms with Crippen LogP contribution >= 0.6 is 0 Å². The molecule has 0 saturated carbocycles. The molecular formula is C26H29N5O3. The van der Waals surface area contributed by atoms with Crippen LogP contribution in [0, 0.1) is 13.8 Å². The van der Waals surface area contributed by atoms with E-state index in [1.807, 2.05) is 65.0 Å². The smallest absolute Gasteiger partial charge is 0.253 e. The number of H-pyrrole nitrogens is 1. The van der Waals surface area contributed by atoms with Gasteiger partial charge in [-0.25, -0.2) is 9.67 Å². The molecule has 0 radical (unpaired) electrons.